The summed E-state index contributed by atoms with van der Waals surface area (Å²) in [6.45, 7) is 0. The standard InChI is InChI=1S/C13H7BrClF3N2O/c14-7-3-4-19-11(5-7)12(21)20-8-1-2-10(15)9(6-8)13(16,17)18/h1-6H,(H,20,21). The number of pyridine rings is 1. The largest absolute Gasteiger partial charge is 0.417 e. The number of carbonyl (C=O) groups is 1. The van der Waals surface area contributed by atoms with E-state index in [0.29, 0.717) is 4.47 Å². The highest BCUT2D eigenvalue weighted by atomic mass is 79.9. The van der Waals surface area contributed by atoms with Gasteiger partial charge in [0.1, 0.15) is 5.69 Å². The maximum absolute atomic E-state index is 12.7. The van der Waals surface area contributed by atoms with Gasteiger partial charge in [0.15, 0.2) is 0 Å². The van der Waals surface area contributed by atoms with Crippen molar-refractivity contribution in [3.05, 3.63) is 57.3 Å². The fourth-order valence-electron chi connectivity index (χ4n) is 1.54. The Balaban J connectivity index is 2.26. The van der Waals surface area contributed by atoms with E-state index in [-0.39, 0.29) is 11.4 Å². The zero-order valence-corrected chi connectivity index (χ0v) is 12.6. The van der Waals surface area contributed by atoms with Gasteiger partial charge in [-0.3, -0.25) is 9.78 Å². The first-order chi connectivity index (χ1) is 9.77. The van der Waals surface area contributed by atoms with Gasteiger partial charge in [0, 0.05) is 16.4 Å². The van der Waals surface area contributed by atoms with E-state index in [1.165, 1.54) is 18.3 Å². The van der Waals surface area contributed by atoms with Crippen LogP contribution in [0.25, 0.3) is 0 Å². The number of alkyl halides is 3. The molecule has 0 aliphatic heterocycles. The van der Waals surface area contributed by atoms with E-state index >= 15 is 0 Å². The monoisotopic (exact) mass is 378 g/mol. The van der Waals surface area contributed by atoms with E-state index in [2.05, 4.69) is 26.2 Å². The lowest BCUT2D eigenvalue weighted by molar-refractivity contribution is -0.137. The summed E-state index contributed by atoms with van der Waals surface area (Å²) in [6.07, 6.45) is -3.19. The summed E-state index contributed by atoms with van der Waals surface area (Å²) in [5, 5.41) is 1.91. The van der Waals surface area contributed by atoms with Crippen LogP contribution >= 0.6 is 27.5 Å². The smallest absolute Gasteiger partial charge is 0.321 e. The summed E-state index contributed by atoms with van der Waals surface area (Å²) in [4.78, 5) is 15.7. The maximum atomic E-state index is 12.7. The van der Waals surface area contributed by atoms with E-state index in [1.807, 2.05) is 0 Å². The van der Waals surface area contributed by atoms with Gasteiger partial charge in [-0.1, -0.05) is 27.5 Å². The van der Waals surface area contributed by atoms with E-state index < -0.39 is 22.7 Å². The molecule has 1 aromatic carbocycles. The molecule has 0 atom stereocenters. The highest BCUT2D eigenvalue weighted by Gasteiger charge is 2.33. The fraction of sp³-hybridized carbons (Fsp3) is 0.0769. The number of nitrogens with one attached hydrogen (secondary N) is 1. The third kappa shape index (κ3) is 3.95. The second kappa shape index (κ2) is 6.03. The van der Waals surface area contributed by atoms with Crippen molar-refractivity contribution in [2.45, 2.75) is 6.18 Å². The molecule has 8 heteroatoms. The highest BCUT2D eigenvalue weighted by Crippen LogP contribution is 2.36. The molecule has 0 aliphatic rings. The number of aromatic nitrogens is 1. The van der Waals surface area contributed by atoms with Crippen LogP contribution in [0.4, 0.5) is 18.9 Å². The molecule has 2 rings (SSSR count). The lowest BCUT2D eigenvalue weighted by Crippen LogP contribution is -2.14. The lowest BCUT2D eigenvalue weighted by atomic mass is 10.2. The van der Waals surface area contributed by atoms with Crippen LogP contribution in [0.15, 0.2) is 41.0 Å². The van der Waals surface area contributed by atoms with Gasteiger partial charge < -0.3 is 5.32 Å². The number of nitrogens with zero attached hydrogens (tertiary/aromatic N) is 1. The number of benzene rings is 1. The Morgan fingerprint density at radius 3 is 2.57 bits per heavy atom. The van der Waals surface area contributed by atoms with Crippen molar-refractivity contribution in [1.29, 1.82) is 0 Å². The Bertz CT molecular complexity index is 691. The van der Waals surface area contributed by atoms with Crippen molar-refractivity contribution >= 4 is 39.1 Å². The molecule has 0 fully saturated rings. The molecule has 110 valence electrons. The summed E-state index contributed by atoms with van der Waals surface area (Å²) in [5.74, 6) is -0.619. The third-order valence-corrected chi connectivity index (χ3v) is 3.31. The topological polar surface area (TPSA) is 42.0 Å². The van der Waals surface area contributed by atoms with Crippen LogP contribution in [0.5, 0.6) is 0 Å². The average Bonchev–Trinajstić information content (AvgIpc) is 2.39. The molecule has 1 amide bonds. The molecule has 0 bridgehead atoms. The van der Waals surface area contributed by atoms with Crippen molar-refractivity contribution in [3.63, 3.8) is 0 Å². The molecule has 3 nitrogen and oxygen atoms in total. The Morgan fingerprint density at radius 1 is 1.24 bits per heavy atom. The van der Waals surface area contributed by atoms with E-state index in [4.69, 9.17) is 11.6 Å². The molecule has 1 heterocycles. The zero-order valence-electron chi connectivity index (χ0n) is 10.2. The second-order valence-corrected chi connectivity index (χ2v) is 5.33. The first kappa shape index (κ1) is 15.8. The Kier molecular flexibility index (Phi) is 4.53. The van der Waals surface area contributed by atoms with Crippen LogP contribution in [-0.4, -0.2) is 10.9 Å². The Hall–Kier alpha value is -1.60. The zero-order chi connectivity index (χ0) is 15.6. The average molecular weight is 380 g/mol. The van der Waals surface area contributed by atoms with Crippen molar-refractivity contribution in [1.82, 2.24) is 4.98 Å². The van der Waals surface area contributed by atoms with Gasteiger partial charge in [-0.2, -0.15) is 13.2 Å². The van der Waals surface area contributed by atoms with Gasteiger partial charge in [-0.25, -0.2) is 0 Å². The number of hydrogen-bond donors (Lipinski definition) is 1. The van der Waals surface area contributed by atoms with Gasteiger partial charge in [-0.05, 0) is 30.3 Å². The summed E-state index contributed by atoms with van der Waals surface area (Å²) >= 11 is 8.68. The number of amides is 1. The Labute approximate surface area is 131 Å². The van der Waals surface area contributed by atoms with Gasteiger partial charge >= 0.3 is 6.18 Å². The van der Waals surface area contributed by atoms with Gasteiger partial charge in [0.05, 0.1) is 10.6 Å². The SMILES string of the molecule is O=C(Nc1ccc(Cl)c(C(F)(F)F)c1)c1cc(Br)ccn1. The molecule has 0 radical (unpaired) electrons. The first-order valence-electron chi connectivity index (χ1n) is 5.57. The number of hydrogen-bond acceptors (Lipinski definition) is 2. The predicted molar refractivity (Wildman–Crippen MR) is 76.3 cm³/mol. The highest BCUT2D eigenvalue weighted by molar-refractivity contribution is 9.10. The summed E-state index contributed by atoms with van der Waals surface area (Å²) in [6, 6.07) is 6.22. The van der Waals surface area contributed by atoms with Crippen LogP contribution in [-0.2, 0) is 6.18 Å². The van der Waals surface area contributed by atoms with E-state index in [1.54, 1.807) is 6.07 Å². The van der Waals surface area contributed by atoms with Gasteiger partial charge in [0.2, 0.25) is 0 Å². The van der Waals surface area contributed by atoms with Crippen molar-refractivity contribution in [2.24, 2.45) is 0 Å². The van der Waals surface area contributed by atoms with Crippen LogP contribution < -0.4 is 5.32 Å². The third-order valence-electron chi connectivity index (χ3n) is 2.48. The van der Waals surface area contributed by atoms with Crippen molar-refractivity contribution in [3.8, 4) is 0 Å². The minimum atomic E-state index is -4.59. The summed E-state index contributed by atoms with van der Waals surface area (Å²) < 4.78 is 38.8. The van der Waals surface area contributed by atoms with Crippen LogP contribution in [0.2, 0.25) is 5.02 Å². The number of carbonyl (C=O) groups excluding carboxylic acids is 1. The first-order valence-corrected chi connectivity index (χ1v) is 6.74. The number of halogens is 5. The van der Waals surface area contributed by atoms with Crippen LogP contribution in [0.3, 0.4) is 0 Å². The van der Waals surface area contributed by atoms with Gasteiger partial charge in [-0.15, -0.1) is 0 Å². The number of anilines is 1. The quantitative estimate of drug-likeness (QED) is 0.817. The van der Waals surface area contributed by atoms with Crippen molar-refractivity contribution < 1.29 is 18.0 Å². The maximum Gasteiger partial charge on any atom is 0.417 e. The minimum Gasteiger partial charge on any atom is -0.321 e. The molecule has 0 saturated carbocycles. The van der Waals surface area contributed by atoms with Gasteiger partial charge in [0.25, 0.3) is 5.91 Å². The van der Waals surface area contributed by atoms with Crippen LogP contribution in [0.1, 0.15) is 16.1 Å². The van der Waals surface area contributed by atoms with Crippen molar-refractivity contribution in [2.75, 3.05) is 5.32 Å². The molecule has 1 aromatic heterocycles. The molecule has 0 unspecified atom stereocenters. The normalized spacial score (nSPS) is 11.3. The summed E-state index contributed by atoms with van der Waals surface area (Å²) in [7, 11) is 0. The molecule has 1 N–H and O–H groups in total. The summed E-state index contributed by atoms with van der Waals surface area (Å²) in [5.41, 5.74) is -0.949. The molecule has 0 spiro atoms. The minimum absolute atomic E-state index is 0.0153. The van der Waals surface area contributed by atoms with E-state index in [9.17, 15) is 18.0 Å². The molecule has 2 aromatic rings. The molecular weight excluding hydrogens is 373 g/mol. The lowest BCUT2D eigenvalue weighted by Gasteiger charge is -2.11. The number of rotatable bonds is 2. The Morgan fingerprint density at radius 2 is 1.95 bits per heavy atom. The molecule has 0 aliphatic carbocycles. The predicted octanol–water partition coefficient (Wildman–Crippen LogP) is 4.77. The molecule has 0 saturated heterocycles. The molecule has 21 heavy (non-hydrogen) atoms. The second-order valence-electron chi connectivity index (χ2n) is 4.01. The van der Waals surface area contributed by atoms with E-state index in [0.717, 1.165) is 12.1 Å². The molecular formula is C13H7BrClF3N2O. The fourth-order valence-corrected chi connectivity index (χ4v) is 2.10. The van der Waals surface area contributed by atoms with Crippen LogP contribution in [0, 0.1) is 0 Å².